The van der Waals surface area contributed by atoms with Gasteiger partial charge in [-0.3, -0.25) is 0 Å². The lowest BCUT2D eigenvalue weighted by atomic mass is 10.2. The molecule has 0 saturated heterocycles. The van der Waals surface area contributed by atoms with E-state index in [0.29, 0.717) is 17.6 Å². The van der Waals surface area contributed by atoms with Gasteiger partial charge < -0.3 is 9.67 Å². The number of aromatic carboxylic acids is 1. The molecule has 0 aliphatic rings. The summed E-state index contributed by atoms with van der Waals surface area (Å²) in [5, 5.41) is 12.3. The van der Waals surface area contributed by atoms with Crippen molar-refractivity contribution in [2.75, 3.05) is 0 Å². The van der Waals surface area contributed by atoms with Gasteiger partial charge in [-0.15, -0.1) is 11.3 Å². The van der Waals surface area contributed by atoms with Crippen molar-refractivity contribution in [2.24, 2.45) is 0 Å². The van der Waals surface area contributed by atoms with Gasteiger partial charge >= 0.3 is 5.97 Å². The first kappa shape index (κ1) is 12.8. The Labute approximate surface area is 119 Å². The van der Waals surface area contributed by atoms with E-state index in [2.05, 4.69) is 9.97 Å². The number of rotatable bonds is 3. The minimum atomic E-state index is -0.939. The van der Waals surface area contributed by atoms with Crippen molar-refractivity contribution < 1.29 is 9.90 Å². The summed E-state index contributed by atoms with van der Waals surface area (Å²) in [5.74, 6) is -0.148. The first-order chi connectivity index (χ1) is 9.56. The molecule has 5 nitrogen and oxygen atoms in total. The number of carbonyl (C=O) groups is 1. The van der Waals surface area contributed by atoms with Crippen LogP contribution in [0.15, 0.2) is 23.6 Å². The van der Waals surface area contributed by atoms with Crippen LogP contribution in [0.25, 0.3) is 11.0 Å². The maximum Gasteiger partial charge on any atom is 0.337 e. The summed E-state index contributed by atoms with van der Waals surface area (Å²) in [5.41, 5.74) is 2.56. The van der Waals surface area contributed by atoms with Crippen molar-refractivity contribution in [3.63, 3.8) is 0 Å². The average Bonchev–Trinajstić information content (AvgIpc) is 2.94. The van der Waals surface area contributed by atoms with E-state index in [1.54, 1.807) is 23.5 Å². The molecule has 0 atom stereocenters. The monoisotopic (exact) mass is 287 g/mol. The number of imidazole rings is 1. The van der Waals surface area contributed by atoms with Gasteiger partial charge in [0.15, 0.2) is 0 Å². The fraction of sp³-hybridized carbons (Fsp3) is 0.214. The standard InChI is InChI=1S/C14H13N3O2S/c1-8-15-12-5-3-4-11(14(18)19)13(12)17(8)6-10-7-20-9(2)16-10/h3-5,7H,6H2,1-2H3,(H,18,19). The van der Waals surface area contributed by atoms with Gasteiger partial charge in [-0.1, -0.05) is 6.07 Å². The first-order valence-electron chi connectivity index (χ1n) is 6.16. The highest BCUT2D eigenvalue weighted by molar-refractivity contribution is 7.09. The number of carboxylic acid groups (broad SMARTS) is 1. The van der Waals surface area contributed by atoms with Crippen molar-refractivity contribution in [1.29, 1.82) is 0 Å². The molecule has 0 amide bonds. The third-order valence-electron chi connectivity index (χ3n) is 3.17. The predicted octanol–water partition coefficient (Wildman–Crippen LogP) is 2.86. The molecule has 1 N–H and O–H groups in total. The van der Waals surface area contributed by atoms with Crippen LogP contribution in [0.2, 0.25) is 0 Å². The molecule has 0 aliphatic heterocycles. The Morgan fingerprint density at radius 1 is 1.35 bits per heavy atom. The average molecular weight is 287 g/mol. The van der Waals surface area contributed by atoms with Gasteiger partial charge in [0.2, 0.25) is 0 Å². The van der Waals surface area contributed by atoms with Crippen molar-refractivity contribution in [3.8, 4) is 0 Å². The van der Waals surface area contributed by atoms with Gasteiger partial charge in [0, 0.05) is 5.38 Å². The van der Waals surface area contributed by atoms with Gasteiger partial charge in [-0.2, -0.15) is 0 Å². The fourth-order valence-electron chi connectivity index (χ4n) is 2.31. The highest BCUT2D eigenvalue weighted by Crippen LogP contribution is 2.22. The highest BCUT2D eigenvalue weighted by atomic mass is 32.1. The van der Waals surface area contributed by atoms with Crippen LogP contribution in [0, 0.1) is 13.8 Å². The van der Waals surface area contributed by atoms with E-state index in [9.17, 15) is 9.90 Å². The number of thiazole rings is 1. The van der Waals surface area contributed by atoms with Crippen LogP contribution in [0.3, 0.4) is 0 Å². The molecule has 2 aromatic heterocycles. The van der Waals surface area contributed by atoms with E-state index in [-0.39, 0.29) is 5.56 Å². The zero-order valence-electron chi connectivity index (χ0n) is 11.1. The molecule has 3 aromatic rings. The Hall–Kier alpha value is -2.21. The molecule has 3 rings (SSSR count). The molecule has 20 heavy (non-hydrogen) atoms. The van der Waals surface area contributed by atoms with E-state index in [1.807, 2.05) is 29.9 Å². The summed E-state index contributed by atoms with van der Waals surface area (Å²) < 4.78 is 1.91. The Bertz CT molecular complexity index is 804. The van der Waals surface area contributed by atoms with Gasteiger partial charge in [0.1, 0.15) is 5.82 Å². The molecule has 0 spiro atoms. The molecular weight excluding hydrogens is 274 g/mol. The molecule has 102 valence electrons. The molecule has 2 heterocycles. The summed E-state index contributed by atoms with van der Waals surface area (Å²) in [4.78, 5) is 20.2. The Balaban J connectivity index is 2.18. The third kappa shape index (κ3) is 2.08. The van der Waals surface area contributed by atoms with E-state index < -0.39 is 5.97 Å². The quantitative estimate of drug-likeness (QED) is 0.804. The molecule has 0 saturated carbocycles. The summed E-state index contributed by atoms with van der Waals surface area (Å²) in [6.45, 7) is 4.37. The summed E-state index contributed by atoms with van der Waals surface area (Å²) in [7, 11) is 0. The molecule has 0 unspecified atom stereocenters. The van der Waals surface area contributed by atoms with Crippen molar-refractivity contribution in [3.05, 3.63) is 45.7 Å². The Kier molecular flexibility index (Phi) is 3.02. The third-order valence-corrected chi connectivity index (χ3v) is 4.00. The molecule has 0 radical (unpaired) electrons. The maximum absolute atomic E-state index is 11.4. The number of carboxylic acids is 1. The van der Waals surface area contributed by atoms with Crippen LogP contribution in [0.1, 0.15) is 26.9 Å². The maximum atomic E-state index is 11.4. The molecular formula is C14H13N3O2S. The zero-order chi connectivity index (χ0) is 14.3. The topological polar surface area (TPSA) is 68.0 Å². The zero-order valence-corrected chi connectivity index (χ0v) is 11.9. The van der Waals surface area contributed by atoms with Crippen LogP contribution < -0.4 is 0 Å². The van der Waals surface area contributed by atoms with E-state index in [1.165, 1.54) is 0 Å². The molecule has 0 aliphatic carbocycles. The SMILES string of the molecule is Cc1nc(Cn2c(C)nc3cccc(C(=O)O)c32)cs1. The second kappa shape index (κ2) is 4.72. The first-order valence-corrected chi connectivity index (χ1v) is 7.04. The number of benzene rings is 1. The number of nitrogens with zero attached hydrogens (tertiary/aromatic N) is 3. The van der Waals surface area contributed by atoms with Crippen LogP contribution in [-0.4, -0.2) is 25.6 Å². The van der Waals surface area contributed by atoms with Gasteiger partial charge in [0.05, 0.1) is 33.8 Å². The summed E-state index contributed by atoms with van der Waals surface area (Å²) >= 11 is 1.59. The van der Waals surface area contributed by atoms with Crippen molar-refractivity contribution in [2.45, 2.75) is 20.4 Å². The van der Waals surface area contributed by atoms with Gasteiger partial charge in [0.25, 0.3) is 0 Å². The summed E-state index contributed by atoms with van der Waals surface area (Å²) in [6, 6.07) is 5.15. The molecule has 0 fully saturated rings. The van der Waals surface area contributed by atoms with Crippen LogP contribution in [-0.2, 0) is 6.54 Å². The minimum absolute atomic E-state index is 0.273. The Morgan fingerprint density at radius 2 is 2.15 bits per heavy atom. The lowest BCUT2D eigenvalue weighted by molar-refractivity contribution is 0.0698. The van der Waals surface area contributed by atoms with Crippen molar-refractivity contribution in [1.82, 2.24) is 14.5 Å². The van der Waals surface area contributed by atoms with Crippen molar-refractivity contribution >= 4 is 28.3 Å². The van der Waals surface area contributed by atoms with Gasteiger partial charge in [-0.25, -0.2) is 14.8 Å². The normalized spacial score (nSPS) is 11.1. The van der Waals surface area contributed by atoms with E-state index in [0.717, 1.165) is 16.5 Å². The fourth-order valence-corrected chi connectivity index (χ4v) is 2.91. The Morgan fingerprint density at radius 3 is 2.80 bits per heavy atom. The number of hydrogen-bond donors (Lipinski definition) is 1. The van der Waals surface area contributed by atoms with Crippen LogP contribution >= 0.6 is 11.3 Å². The number of fused-ring (bicyclic) bond motifs is 1. The van der Waals surface area contributed by atoms with Crippen LogP contribution in [0.5, 0.6) is 0 Å². The van der Waals surface area contributed by atoms with E-state index >= 15 is 0 Å². The molecule has 6 heteroatoms. The predicted molar refractivity (Wildman–Crippen MR) is 77.4 cm³/mol. The smallest absolute Gasteiger partial charge is 0.337 e. The number of aryl methyl sites for hydroxylation is 2. The number of hydrogen-bond acceptors (Lipinski definition) is 4. The lowest BCUT2D eigenvalue weighted by Crippen LogP contribution is -2.06. The highest BCUT2D eigenvalue weighted by Gasteiger charge is 2.16. The lowest BCUT2D eigenvalue weighted by Gasteiger charge is -2.06. The minimum Gasteiger partial charge on any atom is -0.478 e. The molecule has 0 bridgehead atoms. The number of para-hydroxylation sites is 1. The largest absolute Gasteiger partial charge is 0.478 e. The second-order valence-corrected chi connectivity index (χ2v) is 5.64. The van der Waals surface area contributed by atoms with Crippen LogP contribution in [0.4, 0.5) is 0 Å². The summed E-state index contributed by atoms with van der Waals surface area (Å²) in [6.07, 6.45) is 0. The second-order valence-electron chi connectivity index (χ2n) is 4.58. The van der Waals surface area contributed by atoms with E-state index in [4.69, 9.17) is 0 Å². The van der Waals surface area contributed by atoms with Gasteiger partial charge in [-0.05, 0) is 26.0 Å². The molecule has 1 aromatic carbocycles. The number of aromatic nitrogens is 3.